The van der Waals surface area contributed by atoms with Crippen molar-refractivity contribution >= 4 is 33.5 Å². The lowest BCUT2D eigenvalue weighted by Crippen LogP contribution is -2.47. The summed E-state index contributed by atoms with van der Waals surface area (Å²) in [5.74, 6) is 1.08. The molecule has 6 heteroatoms. The molecular weight excluding hydrogens is 322 g/mol. The second-order valence-electron chi connectivity index (χ2n) is 7.31. The van der Waals surface area contributed by atoms with E-state index in [-0.39, 0.29) is 12.1 Å². The quantitative estimate of drug-likeness (QED) is 0.819. The zero-order valence-electron chi connectivity index (χ0n) is 14.8. The molecule has 1 aromatic carbocycles. The van der Waals surface area contributed by atoms with Crippen molar-refractivity contribution in [2.45, 2.75) is 45.3 Å². The highest BCUT2D eigenvalue weighted by molar-refractivity contribution is 7.13. The number of aromatic nitrogens is 1. The molecule has 2 heterocycles. The van der Waals surface area contributed by atoms with Crippen LogP contribution in [-0.2, 0) is 4.74 Å². The Balaban J connectivity index is 1.62. The van der Waals surface area contributed by atoms with Crippen molar-refractivity contribution in [1.29, 1.82) is 0 Å². The van der Waals surface area contributed by atoms with Crippen LogP contribution < -0.4 is 4.90 Å². The molecule has 5 nitrogen and oxygen atoms in total. The summed E-state index contributed by atoms with van der Waals surface area (Å²) in [6.07, 6.45) is 1.63. The summed E-state index contributed by atoms with van der Waals surface area (Å²) >= 11 is 1.55. The molecule has 3 rings (SSSR count). The Morgan fingerprint density at radius 1 is 1.29 bits per heavy atom. The van der Waals surface area contributed by atoms with Crippen molar-refractivity contribution in [3.05, 3.63) is 24.3 Å². The van der Waals surface area contributed by atoms with Gasteiger partial charge in [0.2, 0.25) is 0 Å². The maximum atomic E-state index is 12.2. The highest BCUT2D eigenvalue weighted by Gasteiger charge is 2.29. The fourth-order valence-electron chi connectivity index (χ4n) is 3.05. The monoisotopic (exact) mass is 347 g/mol. The topological polar surface area (TPSA) is 45.7 Å². The predicted octanol–water partition coefficient (Wildman–Crippen LogP) is 4.13. The summed E-state index contributed by atoms with van der Waals surface area (Å²) in [6.45, 7) is 7.51. The van der Waals surface area contributed by atoms with Gasteiger partial charge in [0.1, 0.15) is 11.4 Å². The molecule has 1 saturated heterocycles. The zero-order valence-corrected chi connectivity index (χ0v) is 15.6. The molecule has 0 aliphatic carbocycles. The number of nitrogens with zero attached hydrogens (tertiary/aromatic N) is 3. The number of piperidine rings is 1. The molecule has 2 aromatic rings. The number of carbonyl (C=O) groups excluding carboxylic acids is 1. The van der Waals surface area contributed by atoms with E-state index in [1.165, 1.54) is 10.1 Å². The highest BCUT2D eigenvalue weighted by atomic mass is 32.1. The van der Waals surface area contributed by atoms with Crippen LogP contribution >= 0.6 is 11.5 Å². The standard InChI is InChI=1S/C18H25N3O2S/c1-18(2,3)23-17(22)20(4)13-9-11-21(12-10-13)16-14-7-5-6-8-15(14)24-19-16/h5-8,13H,9-12H2,1-4H3. The Bertz CT molecular complexity index is 714. The lowest BCUT2D eigenvalue weighted by Gasteiger charge is -2.37. The normalized spacial score (nSPS) is 16.4. The number of hydrogen-bond donors (Lipinski definition) is 0. The summed E-state index contributed by atoms with van der Waals surface area (Å²) < 4.78 is 11.3. The first-order chi connectivity index (χ1) is 11.3. The van der Waals surface area contributed by atoms with Crippen molar-refractivity contribution in [2.24, 2.45) is 0 Å². The lowest BCUT2D eigenvalue weighted by molar-refractivity contribution is 0.0201. The predicted molar refractivity (Wildman–Crippen MR) is 98.9 cm³/mol. The number of rotatable bonds is 2. The van der Waals surface area contributed by atoms with Crippen LogP contribution in [0.25, 0.3) is 10.1 Å². The Morgan fingerprint density at radius 2 is 1.96 bits per heavy atom. The van der Waals surface area contributed by atoms with E-state index in [1.807, 2.05) is 33.9 Å². The number of carbonyl (C=O) groups is 1. The van der Waals surface area contributed by atoms with E-state index in [1.54, 1.807) is 16.4 Å². The molecule has 24 heavy (non-hydrogen) atoms. The van der Waals surface area contributed by atoms with E-state index < -0.39 is 5.60 Å². The van der Waals surface area contributed by atoms with Crippen molar-refractivity contribution in [3.63, 3.8) is 0 Å². The van der Waals surface area contributed by atoms with Crippen molar-refractivity contribution in [2.75, 3.05) is 25.0 Å². The maximum Gasteiger partial charge on any atom is 0.410 e. The third-order valence-corrected chi connectivity index (χ3v) is 5.17. The first kappa shape index (κ1) is 17.0. The molecule has 0 atom stereocenters. The van der Waals surface area contributed by atoms with Gasteiger partial charge in [-0.1, -0.05) is 12.1 Å². The first-order valence-corrected chi connectivity index (χ1v) is 9.18. The molecule has 0 bridgehead atoms. The third kappa shape index (κ3) is 3.64. The minimum Gasteiger partial charge on any atom is -0.444 e. The van der Waals surface area contributed by atoms with E-state index in [2.05, 4.69) is 27.5 Å². The molecule has 0 radical (unpaired) electrons. The van der Waals surface area contributed by atoms with Crippen LogP contribution in [-0.4, -0.2) is 47.1 Å². The second kappa shape index (κ2) is 6.59. The molecule has 1 aliphatic rings. The zero-order chi connectivity index (χ0) is 17.3. The van der Waals surface area contributed by atoms with Gasteiger partial charge in [0, 0.05) is 31.6 Å². The molecule has 1 aromatic heterocycles. The summed E-state index contributed by atoms with van der Waals surface area (Å²) in [4.78, 5) is 16.3. The number of anilines is 1. The largest absolute Gasteiger partial charge is 0.444 e. The van der Waals surface area contributed by atoms with Gasteiger partial charge in [-0.3, -0.25) is 0 Å². The summed E-state index contributed by atoms with van der Waals surface area (Å²) in [6, 6.07) is 8.57. The van der Waals surface area contributed by atoms with Crippen LogP contribution in [0.4, 0.5) is 10.6 Å². The van der Waals surface area contributed by atoms with Crippen LogP contribution in [0.3, 0.4) is 0 Å². The Kier molecular flexibility index (Phi) is 4.67. The smallest absolute Gasteiger partial charge is 0.410 e. The fourth-order valence-corrected chi connectivity index (χ4v) is 3.84. The third-order valence-electron chi connectivity index (χ3n) is 4.35. The van der Waals surface area contributed by atoms with E-state index in [0.29, 0.717) is 0 Å². The van der Waals surface area contributed by atoms with E-state index in [9.17, 15) is 4.79 Å². The van der Waals surface area contributed by atoms with Crippen molar-refractivity contribution in [3.8, 4) is 0 Å². The minimum absolute atomic E-state index is 0.223. The summed E-state index contributed by atoms with van der Waals surface area (Å²) in [7, 11) is 1.84. The minimum atomic E-state index is -0.453. The molecule has 0 saturated carbocycles. The molecule has 1 fully saturated rings. The number of ether oxygens (including phenoxy) is 1. The van der Waals surface area contributed by atoms with Crippen LogP contribution in [0.1, 0.15) is 33.6 Å². The molecule has 1 aliphatic heterocycles. The molecule has 0 spiro atoms. The summed E-state index contributed by atoms with van der Waals surface area (Å²) in [5, 5.41) is 1.22. The highest BCUT2D eigenvalue weighted by Crippen LogP contribution is 2.31. The van der Waals surface area contributed by atoms with Gasteiger partial charge in [-0.15, -0.1) is 0 Å². The number of benzene rings is 1. The molecular formula is C18H25N3O2S. The second-order valence-corrected chi connectivity index (χ2v) is 8.12. The first-order valence-electron chi connectivity index (χ1n) is 8.40. The number of hydrogen-bond acceptors (Lipinski definition) is 5. The number of fused-ring (bicyclic) bond motifs is 1. The van der Waals surface area contributed by atoms with E-state index >= 15 is 0 Å². The van der Waals surface area contributed by atoms with Crippen LogP contribution in [0.2, 0.25) is 0 Å². The molecule has 0 N–H and O–H groups in total. The average Bonchev–Trinajstić information content (AvgIpc) is 2.97. The van der Waals surface area contributed by atoms with Crippen molar-refractivity contribution < 1.29 is 9.53 Å². The molecule has 0 unspecified atom stereocenters. The van der Waals surface area contributed by atoms with Crippen LogP contribution in [0, 0.1) is 0 Å². The van der Waals surface area contributed by atoms with Gasteiger partial charge in [-0.05, 0) is 57.3 Å². The van der Waals surface area contributed by atoms with Gasteiger partial charge in [0.15, 0.2) is 0 Å². The van der Waals surface area contributed by atoms with Crippen LogP contribution in [0.5, 0.6) is 0 Å². The molecule has 1 amide bonds. The Morgan fingerprint density at radius 3 is 2.62 bits per heavy atom. The maximum absolute atomic E-state index is 12.2. The van der Waals surface area contributed by atoms with Crippen molar-refractivity contribution in [1.82, 2.24) is 9.27 Å². The number of amides is 1. The van der Waals surface area contributed by atoms with E-state index in [0.717, 1.165) is 31.7 Å². The van der Waals surface area contributed by atoms with Gasteiger partial charge in [-0.25, -0.2) is 4.79 Å². The van der Waals surface area contributed by atoms with Gasteiger partial charge >= 0.3 is 6.09 Å². The van der Waals surface area contributed by atoms with Gasteiger partial charge in [-0.2, -0.15) is 4.37 Å². The summed E-state index contributed by atoms with van der Waals surface area (Å²) in [5.41, 5.74) is -0.453. The SMILES string of the molecule is CN(C(=O)OC(C)(C)C)C1CCN(c2nsc3ccccc23)CC1. The average molecular weight is 347 g/mol. The Labute approximate surface area is 147 Å². The van der Waals surface area contributed by atoms with E-state index in [4.69, 9.17) is 4.74 Å². The lowest BCUT2D eigenvalue weighted by atomic mass is 10.0. The Hall–Kier alpha value is -1.82. The van der Waals surface area contributed by atoms with Gasteiger partial charge in [0.25, 0.3) is 0 Å². The van der Waals surface area contributed by atoms with Crippen LogP contribution in [0.15, 0.2) is 24.3 Å². The fraction of sp³-hybridized carbons (Fsp3) is 0.556. The van der Waals surface area contributed by atoms with Gasteiger partial charge in [0.05, 0.1) is 4.70 Å². The van der Waals surface area contributed by atoms with Gasteiger partial charge < -0.3 is 14.5 Å². The molecule has 130 valence electrons.